The summed E-state index contributed by atoms with van der Waals surface area (Å²) in [6.45, 7) is 1.93. The van der Waals surface area contributed by atoms with Crippen LogP contribution in [0.4, 0.5) is 5.13 Å². The van der Waals surface area contributed by atoms with Crippen LogP contribution in [0.2, 0.25) is 0 Å². The number of sulfonamides is 1. The molecule has 2 unspecified atom stereocenters. The van der Waals surface area contributed by atoms with Gasteiger partial charge in [-0.25, -0.2) is 13.4 Å². The fourth-order valence-corrected chi connectivity index (χ4v) is 7.19. The van der Waals surface area contributed by atoms with Gasteiger partial charge < -0.3 is 18.9 Å². The fourth-order valence-electron chi connectivity index (χ4n) is 4.91. The zero-order chi connectivity index (χ0) is 27.6. The average molecular weight is 576 g/mol. The summed E-state index contributed by atoms with van der Waals surface area (Å²) in [5, 5.41) is 0.487. The predicted molar refractivity (Wildman–Crippen MR) is 149 cm³/mol. The van der Waals surface area contributed by atoms with E-state index in [-0.39, 0.29) is 23.0 Å². The molecule has 210 valence electrons. The van der Waals surface area contributed by atoms with Gasteiger partial charge in [0.05, 0.1) is 37.9 Å². The lowest BCUT2D eigenvalue weighted by molar-refractivity contribution is 0.0917. The topological polar surface area (TPSA) is 107 Å². The molecule has 5 rings (SSSR count). The molecule has 2 aliphatic heterocycles. The summed E-state index contributed by atoms with van der Waals surface area (Å²) in [5.74, 6) is 0.930. The maximum Gasteiger partial charge on any atom is 0.260 e. The first-order valence-electron chi connectivity index (χ1n) is 12.9. The van der Waals surface area contributed by atoms with Crippen LogP contribution >= 0.6 is 11.3 Å². The number of amides is 1. The Morgan fingerprint density at radius 1 is 0.974 bits per heavy atom. The van der Waals surface area contributed by atoms with Gasteiger partial charge in [-0.3, -0.25) is 9.69 Å². The van der Waals surface area contributed by atoms with E-state index >= 15 is 0 Å². The number of likely N-dealkylation sites (N-methyl/N-ethyl adjacent to an activating group) is 1. The number of hydrogen-bond donors (Lipinski definition) is 0. The molecule has 1 aromatic heterocycles. The molecule has 2 aliphatic rings. The van der Waals surface area contributed by atoms with Gasteiger partial charge >= 0.3 is 0 Å². The number of methoxy groups -OCH3 is 2. The van der Waals surface area contributed by atoms with E-state index in [1.165, 1.54) is 27.8 Å². The highest BCUT2D eigenvalue weighted by molar-refractivity contribution is 7.89. The maximum atomic E-state index is 13.8. The molecule has 0 bridgehead atoms. The monoisotopic (exact) mass is 575 g/mol. The van der Waals surface area contributed by atoms with Gasteiger partial charge in [0.25, 0.3) is 5.91 Å². The summed E-state index contributed by atoms with van der Waals surface area (Å²) in [7, 11) is 0.988. The second kappa shape index (κ2) is 11.8. The summed E-state index contributed by atoms with van der Waals surface area (Å²) in [5.41, 5.74) is 0.963. The molecule has 0 saturated carbocycles. The number of hydrogen-bond acceptors (Lipinski definition) is 9. The Hall–Kier alpha value is -2.77. The van der Waals surface area contributed by atoms with Gasteiger partial charge in [-0.2, -0.15) is 4.31 Å². The van der Waals surface area contributed by atoms with Crippen molar-refractivity contribution in [2.75, 3.05) is 52.5 Å². The number of carbonyl (C=O) groups is 1. The lowest BCUT2D eigenvalue weighted by Gasteiger charge is -2.23. The highest BCUT2D eigenvalue weighted by Gasteiger charge is 2.30. The van der Waals surface area contributed by atoms with E-state index in [1.54, 1.807) is 44.4 Å². The third-order valence-electron chi connectivity index (χ3n) is 7.08. The molecule has 2 aromatic carbocycles. The van der Waals surface area contributed by atoms with Crippen LogP contribution < -0.4 is 14.4 Å². The summed E-state index contributed by atoms with van der Waals surface area (Å²) in [4.78, 5) is 20.3. The molecule has 1 amide bonds. The smallest absolute Gasteiger partial charge is 0.260 e. The van der Waals surface area contributed by atoms with Gasteiger partial charge in [0.1, 0.15) is 21.7 Å². The van der Waals surface area contributed by atoms with Gasteiger partial charge in [-0.15, -0.1) is 0 Å². The highest BCUT2D eigenvalue weighted by atomic mass is 32.2. The molecule has 39 heavy (non-hydrogen) atoms. The number of nitrogens with zero attached hydrogens (tertiary/aromatic N) is 3. The predicted octanol–water partition coefficient (Wildman–Crippen LogP) is 3.94. The van der Waals surface area contributed by atoms with Gasteiger partial charge in [-0.05, 0) is 62.1 Å². The van der Waals surface area contributed by atoms with Crippen molar-refractivity contribution in [3.05, 3.63) is 42.0 Å². The van der Waals surface area contributed by atoms with Crippen molar-refractivity contribution in [2.45, 2.75) is 42.8 Å². The van der Waals surface area contributed by atoms with Gasteiger partial charge in [-0.1, -0.05) is 11.3 Å². The Labute approximate surface area is 232 Å². The summed E-state index contributed by atoms with van der Waals surface area (Å²) >= 11 is 1.34. The molecule has 3 aromatic rings. The number of anilines is 1. The van der Waals surface area contributed by atoms with E-state index in [0.717, 1.165) is 30.4 Å². The summed E-state index contributed by atoms with van der Waals surface area (Å²) in [6.07, 6.45) is 3.35. The number of aromatic nitrogens is 1. The molecule has 2 fully saturated rings. The van der Waals surface area contributed by atoms with Crippen molar-refractivity contribution in [1.29, 1.82) is 0 Å². The fraction of sp³-hybridized carbons (Fsp3) is 0.481. The Bertz CT molecular complexity index is 1370. The summed E-state index contributed by atoms with van der Waals surface area (Å²) < 4.78 is 50.8. The van der Waals surface area contributed by atoms with Crippen LogP contribution in [0.15, 0.2) is 41.3 Å². The molecular formula is C27H33N3O7S2. The van der Waals surface area contributed by atoms with Gasteiger partial charge in [0.15, 0.2) is 5.13 Å². The van der Waals surface area contributed by atoms with Crippen molar-refractivity contribution in [1.82, 2.24) is 9.29 Å². The van der Waals surface area contributed by atoms with Crippen LogP contribution in [0.5, 0.6) is 11.5 Å². The standard InChI is InChI=1S/C27H33N3O7S2/c1-29(16-19-6-4-14-36-19)39(32,33)21-10-8-18(9-11-21)26(31)30(17-20-7-5-15-37-20)27-28-24-22(34-2)12-13-23(35-3)25(24)38-27/h8-13,19-20H,4-7,14-17H2,1-3H3. The van der Waals surface area contributed by atoms with Crippen molar-refractivity contribution in [2.24, 2.45) is 0 Å². The van der Waals surface area contributed by atoms with E-state index in [9.17, 15) is 13.2 Å². The second-order valence-corrected chi connectivity index (χ2v) is 12.7. The average Bonchev–Trinajstić information content (AvgIpc) is 3.73. The number of ether oxygens (including phenoxy) is 4. The first-order chi connectivity index (χ1) is 18.8. The Morgan fingerprint density at radius 3 is 2.18 bits per heavy atom. The molecule has 0 aliphatic carbocycles. The Kier molecular flexibility index (Phi) is 8.38. The molecule has 0 radical (unpaired) electrons. The molecular weight excluding hydrogens is 542 g/mol. The minimum Gasteiger partial charge on any atom is -0.495 e. The molecule has 2 atom stereocenters. The molecule has 12 heteroatoms. The third-order valence-corrected chi connectivity index (χ3v) is 10.0. The van der Waals surface area contributed by atoms with Gasteiger partial charge in [0.2, 0.25) is 10.0 Å². The second-order valence-electron chi connectivity index (χ2n) is 9.64. The molecule has 0 N–H and O–H groups in total. The molecule has 0 spiro atoms. The Morgan fingerprint density at radius 2 is 1.59 bits per heavy atom. The van der Waals surface area contributed by atoms with Crippen molar-refractivity contribution >= 4 is 42.6 Å². The molecule has 10 nitrogen and oxygen atoms in total. The largest absolute Gasteiger partial charge is 0.495 e. The van der Waals surface area contributed by atoms with E-state index in [0.29, 0.717) is 54.0 Å². The zero-order valence-corrected chi connectivity index (χ0v) is 23.9. The number of carbonyl (C=O) groups excluding carboxylic acids is 1. The van der Waals surface area contributed by atoms with Gasteiger partial charge in [0, 0.05) is 32.4 Å². The first-order valence-corrected chi connectivity index (χ1v) is 15.2. The summed E-state index contributed by atoms with van der Waals surface area (Å²) in [6, 6.07) is 9.64. The quantitative estimate of drug-likeness (QED) is 0.358. The minimum absolute atomic E-state index is 0.0944. The lowest BCUT2D eigenvalue weighted by atomic mass is 10.2. The van der Waals surface area contributed by atoms with Crippen molar-refractivity contribution in [3.63, 3.8) is 0 Å². The van der Waals surface area contributed by atoms with Crippen LogP contribution in [0.1, 0.15) is 36.0 Å². The van der Waals surface area contributed by atoms with Crippen LogP contribution in [-0.4, -0.2) is 83.4 Å². The maximum absolute atomic E-state index is 13.8. The van der Waals surface area contributed by atoms with E-state index in [2.05, 4.69) is 0 Å². The SMILES string of the molecule is COc1ccc(OC)c2sc(N(CC3CCCO3)C(=O)c3ccc(S(=O)(=O)N(C)CC4CCCO4)cc3)nc12. The first kappa shape index (κ1) is 27.8. The molecule has 2 saturated heterocycles. The number of fused-ring (bicyclic) bond motifs is 1. The van der Waals surface area contributed by atoms with Crippen LogP contribution in [0, 0.1) is 0 Å². The zero-order valence-electron chi connectivity index (χ0n) is 22.3. The van der Waals surface area contributed by atoms with Crippen molar-refractivity contribution in [3.8, 4) is 11.5 Å². The van der Waals surface area contributed by atoms with Crippen LogP contribution in [-0.2, 0) is 19.5 Å². The van der Waals surface area contributed by atoms with Crippen LogP contribution in [0.3, 0.4) is 0 Å². The van der Waals surface area contributed by atoms with E-state index in [1.807, 2.05) is 6.07 Å². The lowest BCUT2D eigenvalue weighted by Crippen LogP contribution is -2.37. The van der Waals surface area contributed by atoms with E-state index in [4.69, 9.17) is 23.9 Å². The Balaban J connectivity index is 1.43. The normalized spacial score (nSPS) is 19.6. The van der Waals surface area contributed by atoms with Crippen molar-refractivity contribution < 1.29 is 32.2 Å². The van der Waals surface area contributed by atoms with E-state index < -0.39 is 10.0 Å². The third kappa shape index (κ3) is 5.75. The van der Waals surface area contributed by atoms with Crippen LogP contribution in [0.25, 0.3) is 10.2 Å². The highest BCUT2D eigenvalue weighted by Crippen LogP contribution is 2.40. The number of rotatable bonds is 10. The molecule has 3 heterocycles. The number of thiazole rings is 1. The minimum atomic E-state index is -3.72. The number of benzene rings is 2.